The van der Waals surface area contributed by atoms with Gasteiger partial charge in [0.05, 0.1) is 23.5 Å². The monoisotopic (exact) mass is 198 g/mol. The molecule has 1 aromatic rings. The van der Waals surface area contributed by atoms with Gasteiger partial charge in [-0.1, -0.05) is 6.92 Å². The van der Waals surface area contributed by atoms with E-state index in [0.29, 0.717) is 10.9 Å². The van der Waals surface area contributed by atoms with Crippen molar-refractivity contribution in [1.82, 2.24) is 4.98 Å². The molecule has 1 rings (SSSR count). The molecule has 3 nitrogen and oxygen atoms in total. The van der Waals surface area contributed by atoms with Crippen LogP contribution in [0.5, 0.6) is 0 Å². The molecule has 0 bridgehead atoms. The summed E-state index contributed by atoms with van der Waals surface area (Å²) in [6.45, 7) is 2.84. The SMILES string of the molecule is COCC(C)Sc1ccc(N)cn1. The van der Waals surface area contributed by atoms with Gasteiger partial charge in [0.2, 0.25) is 0 Å². The molecule has 1 heterocycles. The number of nitrogens with two attached hydrogens (primary N) is 1. The van der Waals surface area contributed by atoms with Gasteiger partial charge in [0.1, 0.15) is 0 Å². The van der Waals surface area contributed by atoms with Crippen molar-refractivity contribution in [2.24, 2.45) is 0 Å². The van der Waals surface area contributed by atoms with E-state index >= 15 is 0 Å². The number of hydrogen-bond donors (Lipinski definition) is 1. The van der Waals surface area contributed by atoms with E-state index in [1.165, 1.54) is 0 Å². The molecule has 72 valence electrons. The largest absolute Gasteiger partial charge is 0.397 e. The molecule has 1 aromatic heterocycles. The van der Waals surface area contributed by atoms with E-state index in [9.17, 15) is 0 Å². The van der Waals surface area contributed by atoms with E-state index in [0.717, 1.165) is 11.6 Å². The average molecular weight is 198 g/mol. The summed E-state index contributed by atoms with van der Waals surface area (Å²) in [6, 6.07) is 3.78. The smallest absolute Gasteiger partial charge is 0.0964 e. The lowest BCUT2D eigenvalue weighted by Gasteiger charge is -2.08. The van der Waals surface area contributed by atoms with E-state index in [4.69, 9.17) is 10.5 Å². The Morgan fingerprint density at radius 2 is 2.38 bits per heavy atom. The fraction of sp³-hybridized carbons (Fsp3) is 0.444. The highest BCUT2D eigenvalue weighted by atomic mass is 32.2. The molecular weight excluding hydrogens is 184 g/mol. The topological polar surface area (TPSA) is 48.1 Å². The minimum absolute atomic E-state index is 0.418. The van der Waals surface area contributed by atoms with Gasteiger partial charge in [0.25, 0.3) is 0 Å². The average Bonchev–Trinajstić information content (AvgIpc) is 2.09. The van der Waals surface area contributed by atoms with Gasteiger partial charge in [-0.25, -0.2) is 4.98 Å². The normalized spacial score (nSPS) is 12.8. The molecule has 4 heteroatoms. The molecule has 0 saturated carbocycles. The van der Waals surface area contributed by atoms with E-state index in [1.807, 2.05) is 12.1 Å². The van der Waals surface area contributed by atoms with Crippen LogP contribution in [0.25, 0.3) is 0 Å². The van der Waals surface area contributed by atoms with Crippen molar-refractivity contribution in [3.63, 3.8) is 0 Å². The summed E-state index contributed by atoms with van der Waals surface area (Å²) in [5, 5.41) is 1.40. The molecule has 0 spiro atoms. The van der Waals surface area contributed by atoms with Gasteiger partial charge >= 0.3 is 0 Å². The fourth-order valence-electron chi connectivity index (χ4n) is 0.936. The highest BCUT2D eigenvalue weighted by molar-refractivity contribution is 7.99. The zero-order valence-corrected chi connectivity index (χ0v) is 8.67. The minimum Gasteiger partial charge on any atom is -0.397 e. The Kier molecular flexibility index (Phi) is 4.05. The van der Waals surface area contributed by atoms with Crippen LogP contribution in [-0.4, -0.2) is 24.0 Å². The summed E-state index contributed by atoms with van der Waals surface area (Å²) in [6.07, 6.45) is 1.67. The van der Waals surface area contributed by atoms with Crippen molar-refractivity contribution in [1.29, 1.82) is 0 Å². The number of anilines is 1. The fourth-order valence-corrected chi connectivity index (χ4v) is 1.81. The minimum atomic E-state index is 0.418. The van der Waals surface area contributed by atoms with Gasteiger partial charge in [0.15, 0.2) is 0 Å². The van der Waals surface area contributed by atoms with Crippen molar-refractivity contribution in [2.45, 2.75) is 17.2 Å². The Labute approximate surface area is 82.7 Å². The van der Waals surface area contributed by atoms with Crippen LogP contribution in [0, 0.1) is 0 Å². The third kappa shape index (κ3) is 3.65. The number of hydrogen-bond acceptors (Lipinski definition) is 4. The first-order chi connectivity index (χ1) is 6.22. The third-order valence-corrected chi connectivity index (χ3v) is 2.50. The molecule has 0 fully saturated rings. The summed E-state index contributed by atoms with van der Waals surface area (Å²) < 4.78 is 5.03. The van der Waals surface area contributed by atoms with Crippen LogP contribution in [-0.2, 0) is 4.74 Å². The third-order valence-electron chi connectivity index (χ3n) is 1.48. The first kappa shape index (κ1) is 10.3. The predicted octanol–water partition coefficient (Wildman–Crippen LogP) is 1.79. The molecule has 0 aromatic carbocycles. The summed E-state index contributed by atoms with van der Waals surface area (Å²) in [4.78, 5) is 4.18. The lowest BCUT2D eigenvalue weighted by Crippen LogP contribution is -2.05. The molecule has 2 N–H and O–H groups in total. The first-order valence-corrected chi connectivity index (χ1v) is 4.97. The molecule has 0 saturated heterocycles. The molecule has 1 atom stereocenters. The maximum Gasteiger partial charge on any atom is 0.0964 e. The summed E-state index contributed by atoms with van der Waals surface area (Å²) in [7, 11) is 1.70. The summed E-state index contributed by atoms with van der Waals surface area (Å²) in [5.41, 5.74) is 6.22. The summed E-state index contributed by atoms with van der Waals surface area (Å²) in [5.74, 6) is 0. The molecule has 0 radical (unpaired) electrons. The predicted molar refractivity (Wildman–Crippen MR) is 55.8 cm³/mol. The zero-order valence-electron chi connectivity index (χ0n) is 7.86. The van der Waals surface area contributed by atoms with E-state index in [2.05, 4.69) is 11.9 Å². The Morgan fingerprint density at radius 3 is 2.92 bits per heavy atom. The highest BCUT2D eigenvalue weighted by Crippen LogP contribution is 2.21. The number of rotatable bonds is 4. The summed E-state index contributed by atoms with van der Waals surface area (Å²) >= 11 is 1.69. The molecule has 1 unspecified atom stereocenters. The molecular formula is C9H14N2OS. The number of thioether (sulfide) groups is 1. The van der Waals surface area contributed by atoms with Gasteiger partial charge in [-0.3, -0.25) is 0 Å². The van der Waals surface area contributed by atoms with E-state index in [1.54, 1.807) is 25.1 Å². The lowest BCUT2D eigenvalue weighted by molar-refractivity contribution is 0.203. The molecule has 0 aliphatic heterocycles. The maximum absolute atomic E-state index is 5.52. The van der Waals surface area contributed by atoms with Crippen molar-refractivity contribution >= 4 is 17.4 Å². The van der Waals surface area contributed by atoms with Crippen LogP contribution in [0.3, 0.4) is 0 Å². The molecule has 0 aliphatic rings. The van der Waals surface area contributed by atoms with Gasteiger partial charge in [0, 0.05) is 12.4 Å². The Morgan fingerprint density at radius 1 is 1.62 bits per heavy atom. The number of ether oxygens (including phenoxy) is 1. The van der Waals surface area contributed by atoms with Crippen LogP contribution in [0.2, 0.25) is 0 Å². The Hall–Kier alpha value is -0.740. The van der Waals surface area contributed by atoms with Crippen LogP contribution in [0.15, 0.2) is 23.4 Å². The second-order valence-electron chi connectivity index (χ2n) is 2.81. The van der Waals surface area contributed by atoms with Crippen molar-refractivity contribution in [3.8, 4) is 0 Å². The van der Waals surface area contributed by atoms with Crippen molar-refractivity contribution in [2.75, 3.05) is 19.5 Å². The van der Waals surface area contributed by atoms with Crippen LogP contribution in [0.4, 0.5) is 5.69 Å². The van der Waals surface area contributed by atoms with Crippen LogP contribution in [0.1, 0.15) is 6.92 Å². The Bertz CT molecular complexity index is 250. The van der Waals surface area contributed by atoms with Gasteiger partial charge in [-0.15, -0.1) is 11.8 Å². The van der Waals surface area contributed by atoms with E-state index < -0.39 is 0 Å². The maximum atomic E-state index is 5.52. The highest BCUT2D eigenvalue weighted by Gasteiger charge is 2.03. The van der Waals surface area contributed by atoms with Crippen molar-refractivity contribution in [3.05, 3.63) is 18.3 Å². The molecule has 0 amide bonds. The number of methoxy groups -OCH3 is 1. The number of pyridine rings is 1. The molecule has 0 aliphatic carbocycles. The van der Waals surface area contributed by atoms with Crippen LogP contribution < -0.4 is 5.73 Å². The van der Waals surface area contributed by atoms with Crippen molar-refractivity contribution < 1.29 is 4.74 Å². The zero-order chi connectivity index (χ0) is 9.68. The standard InChI is InChI=1S/C9H14N2OS/c1-7(6-12-2)13-9-4-3-8(10)5-11-9/h3-5,7H,6,10H2,1-2H3. The second-order valence-corrected chi connectivity index (χ2v) is 4.27. The quantitative estimate of drug-likeness (QED) is 0.749. The van der Waals surface area contributed by atoms with Gasteiger partial charge < -0.3 is 10.5 Å². The van der Waals surface area contributed by atoms with E-state index in [-0.39, 0.29) is 0 Å². The Balaban J connectivity index is 2.49. The number of nitrogens with zero attached hydrogens (tertiary/aromatic N) is 1. The number of nitrogen functional groups attached to an aromatic ring is 1. The number of aromatic nitrogens is 1. The first-order valence-electron chi connectivity index (χ1n) is 4.09. The van der Waals surface area contributed by atoms with Gasteiger partial charge in [-0.2, -0.15) is 0 Å². The molecule has 13 heavy (non-hydrogen) atoms. The lowest BCUT2D eigenvalue weighted by atomic mass is 10.4. The van der Waals surface area contributed by atoms with Gasteiger partial charge in [-0.05, 0) is 12.1 Å². The second kappa shape index (κ2) is 5.09. The van der Waals surface area contributed by atoms with Crippen LogP contribution >= 0.6 is 11.8 Å².